The number of likely N-dealkylation sites (tertiary alicyclic amines) is 2. The molecule has 0 bridgehead atoms. The van der Waals surface area contributed by atoms with Crippen molar-refractivity contribution in [1.82, 2.24) is 44.9 Å². The standard InChI is InChI=1S/C49H55N9O6/c1-30(2)43(54-48(63)64-5)46(60)56-25-9-13-41(56)44-50-27-37(52-44)32-15-19-34(20-16-32)39-23-24-40(58(39)36-11-7-6-8-12-36)35-21-17-33(18-22-35)38-28-51-45(53-38)42-14-10-26-57(42)49(29-59,31(3)4)55-47(61)62/h6-8,11-12,15-24,27-31,41-43,55H,9-10,13-14,25-26H2,1-5H3,(H,50,52)(H,51,53)(H,54,63)(H,61,62)/t41-,42-,43-,49+/m0/s1. The number of para-hydroxylation sites is 1. The average molecular weight is 866 g/mol. The number of methoxy groups -OCH3 is 1. The maximum atomic E-state index is 13.7. The number of hydrogen-bond acceptors (Lipinski definition) is 8. The van der Waals surface area contributed by atoms with E-state index in [-0.39, 0.29) is 29.8 Å². The van der Waals surface area contributed by atoms with E-state index < -0.39 is 23.9 Å². The number of hydrogen-bond donors (Lipinski definition) is 5. The van der Waals surface area contributed by atoms with Crippen molar-refractivity contribution in [1.29, 1.82) is 0 Å². The van der Waals surface area contributed by atoms with Crippen molar-refractivity contribution in [2.45, 2.75) is 77.2 Å². The quantitative estimate of drug-likeness (QED) is 0.0668. The van der Waals surface area contributed by atoms with Crippen molar-refractivity contribution in [2.75, 3.05) is 20.2 Å². The molecule has 5 heterocycles. The van der Waals surface area contributed by atoms with E-state index in [1.807, 2.05) is 68.1 Å². The van der Waals surface area contributed by atoms with Crippen LogP contribution in [0.25, 0.3) is 50.7 Å². The van der Waals surface area contributed by atoms with Gasteiger partial charge in [0.05, 0.1) is 42.0 Å². The summed E-state index contributed by atoms with van der Waals surface area (Å²) in [6, 6.07) is 29.9. The lowest BCUT2D eigenvalue weighted by Gasteiger charge is -2.43. The minimum atomic E-state index is -1.37. The number of imidazole rings is 2. The molecule has 2 saturated heterocycles. The Hall–Kier alpha value is -7.00. The van der Waals surface area contributed by atoms with Crippen LogP contribution < -0.4 is 10.6 Å². The molecular weight excluding hydrogens is 811 g/mol. The van der Waals surface area contributed by atoms with Gasteiger partial charge in [-0.1, -0.05) is 94.4 Å². The number of aldehydes is 1. The molecule has 8 rings (SSSR count). The van der Waals surface area contributed by atoms with Gasteiger partial charge in [-0.3, -0.25) is 19.8 Å². The Morgan fingerprint density at radius 3 is 1.81 bits per heavy atom. The highest BCUT2D eigenvalue weighted by molar-refractivity contribution is 5.86. The van der Waals surface area contributed by atoms with Crippen LogP contribution in [0, 0.1) is 11.8 Å². The van der Waals surface area contributed by atoms with E-state index in [9.17, 15) is 24.3 Å². The molecule has 2 aliphatic rings. The van der Waals surface area contributed by atoms with Crippen LogP contribution in [-0.2, 0) is 14.3 Å². The van der Waals surface area contributed by atoms with E-state index in [4.69, 9.17) is 14.7 Å². The molecule has 5 N–H and O–H groups in total. The van der Waals surface area contributed by atoms with Gasteiger partial charge in [0, 0.05) is 42.3 Å². The van der Waals surface area contributed by atoms with Crippen LogP contribution in [0.4, 0.5) is 9.59 Å². The number of rotatable bonds is 14. The number of aromatic amines is 2. The highest BCUT2D eigenvalue weighted by Crippen LogP contribution is 2.40. The second-order valence-corrected chi connectivity index (χ2v) is 17.2. The van der Waals surface area contributed by atoms with Gasteiger partial charge >= 0.3 is 12.2 Å². The average Bonchev–Trinajstić information content (AvgIpc) is 4.17. The summed E-state index contributed by atoms with van der Waals surface area (Å²) in [5.74, 6) is 0.837. The molecule has 3 amide bonds. The Labute approximate surface area is 372 Å². The smallest absolute Gasteiger partial charge is 0.407 e. The maximum absolute atomic E-state index is 13.7. The molecule has 0 saturated carbocycles. The van der Waals surface area contributed by atoms with E-state index in [1.165, 1.54) is 7.11 Å². The van der Waals surface area contributed by atoms with Crippen LogP contribution in [0.3, 0.4) is 0 Å². The SMILES string of the molecule is COC(=O)N[C@H](C(=O)N1CCC[C@H]1c1nc(-c2ccc(-c3ccc(-c4ccc(-c5c[nH]c([C@@H]6CCCN6[C@@](C=O)(NC(=O)O)C(C)C)n5)cc4)n3-c3ccccc3)cc2)c[nH]1)C(C)C. The Morgan fingerprint density at radius 2 is 1.30 bits per heavy atom. The van der Waals surface area contributed by atoms with Gasteiger partial charge in [-0.25, -0.2) is 19.6 Å². The molecule has 3 aromatic carbocycles. The molecule has 15 nitrogen and oxygen atoms in total. The number of ether oxygens (including phenoxy) is 1. The van der Waals surface area contributed by atoms with Crippen LogP contribution in [0.5, 0.6) is 0 Å². The van der Waals surface area contributed by atoms with Crippen molar-refractivity contribution in [2.24, 2.45) is 11.8 Å². The van der Waals surface area contributed by atoms with Crippen LogP contribution in [-0.4, -0.2) is 95.7 Å². The Kier molecular flexibility index (Phi) is 12.5. The predicted octanol–water partition coefficient (Wildman–Crippen LogP) is 8.59. The van der Waals surface area contributed by atoms with Crippen LogP contribution in [0.2, 0.25) is 0 Å². The topological polar surface area (TPSA) is 191 Å². The lowest BCUT2D eigenvalue weighted by Crippen LogP contribution is -2.64. The maximum Gasteiger partial charge on any atom is 0.407 e. The van der Waals surface area contributed by atoms with Crippen LogP contribution in [0.15, 0.2) is 103 Å². The molecule has 4 atom stereocenters. The molecule has 6 aromatic rings. The molecule has 0 unspecified atom stereocenters. The number of aromatic nitrogens is 5. The van der Waals surface area contributed by atoms with Crippen molar-refractivity contribution in [3.8, 4) is 50.7 Å². The normalized spacial score (nSPS) is 18.0. The molecule has 0 aliphatic carbocycles. The van der Waals surface area contributed by atoms with Crippen molar-refractivity contribution in [3.63, 3.8) is 0 Å². The molecule has 3 aromatic heterocycles. The summed E-state index contributed by atoms with van der Waals surface area (Å²) >= 11 is 0. The molecule has 2 aliphatic heterocycles. The van der Waals surface area contributed by atoms with Gasteiger partial charge in [0.1, 0.15) is 17.7 Å². The van der Waals surface area contributed by atoms with E-state index in [0.29, 0.717) is 31.0 Å². The number of amides is 3. The number of nitrogens with one attached hydrogen (secondary N) is 4. The highest BCUT2D eigenvalue weighted by Gasteiger charge is 2.48. The van der Waals surface area contributed by atoms with E-state index in [1.54, 1.807) is 0 Å². The lowest BCUT2D eigenvalue weighted by molar-refractivity contribution is -0.135. The third-order valence-electron chi connectivity index (χ3n) is 12.7. The summed E-state index contributed by atoms with van der Waals surface area (Å²) in [6.07, 6.45) is 5.73. The van der Waals surface area contributed by atoms with Gasteiger partial charge in [-0.2, -0.15) is 0 Å². The molecular formula is C49H55N9O6. The fourth-order valence-corrected chi connectivity index (χ4v) is 9.32. The number of alkyl carbamates (subject to hydrolysis) is 1. The second-order valence-electron chi connectivity index (χ2n) is 17.2. The molecule has 64 heavy (non-hydrogen) atoms. The first-order valence-corrected chi connectivity index (χ1v) is 21.9. The molecule has 332 valence electrons. The van der Waals surface area contributed by atoms with Gasteiger partial charge in [0.15, 0.2) is 11.9 Å². The molecule has 0 spiro atoms. The van der Waals surface area contributed by atoms with Crippen molar-refractivity contribution in [3.05, 3.63) is 115 Å². The first-order chi connectivity index (χ1) is 30.9. The largest absolute Gasteiger partial charge is 0.465 e. The summed E-state index contributed by atoms with van der Waals surface area (Å²) < 4.78 is 7.04. The van der Waals surface area contributed by atoms with Gasteiger partial charge in [0.2, 0.25) is 5.91 Å². The zero-order valence-electron chi connectivity index (χ0n) is 36.7. The summed E-state index contributed by atoms with van der Waals surface area (Å²) in [4.78, 5) is 70.3. The van der Waals surface area contributed by atoms with Crippen LogP contribution in [0.1, 0.15) is 77.1 Å². The predicted molar refractivity (Wildman–Crippen MR) is 243 cm³/mol. The fourth-order valence-electron chi connectivity index (χ4n) is 9.32. The number of carbonyl (C=O) groups is 4. The minimum Gasteiger partial charge on any atom is -0.465 e. The Balaban J connectivity index is 1.02. The zero-order chi connectivity index (χ0) is 45.1. The van der Waals surface area contributed by atoms with Crippen molar-refractivity contribution < 1.29 is 29.0 Å². The Morgan fingerprint density at radius 1 is 0.766 bits per heavy atom. The van der Waals surface area contributed by atoms with E-state index in [2.05, 4.69) is 98.0 Å². The highest BCUT2D eigenvalue weighted by atomic mass is 16.5. The number of benzene rings is 3. The third kappa shape index (κ3) is 8.42. The van der Waals surface area contributed by atoms with E-state index >= 15 is 0 Å². The summed E-state index contributed by atoms with van der Waals surface area (Å²) in [7, 11) is 1.29. The van der Waals surface area contributed by atoms with E-state index in [0.717, 1.165) is 76.4 Å². The van der Waals surface area contributed by atoms with Gasteiger partial charge in [-0.05, 0) is 72.9 Å². The molecule has 15 heteroatoms. The monoisotopic (exact) mass is 865 g/mol. The summed E-state index contributed by atoms with van der Waals surface area (Å²) in [5, 5.41) is 14.9. The van der Waals surface area contributed by atoms with Crippen molar-refractivity contribution >= 4 is 24.4 Å². The molecule has 2 fully saturated rings. The summed E-state index contributed by atoms with van der Waals surface area (Å²) in [6.45, 7) is 8.63. The van der Waals surface area contributed by atoms with Gasteiger partial charge < -0.3 is 34.6 Å². The Bertz CT molecular complexity index is 2600. The fraction of sp³-hybridized carbons (Fsp3) is 0.347. The van der Waals surface area contributed by atoms with Crippen LogP contribution >= 0.6 is 0 Å². The lowest BCUT2D eigenvalue weighted by atomic mass is 9.94. The minimum absolute atomic E-state index is 0.119. The second kappa shape index (κ2) is 18.4. The number of nitrogens with zero attached hydrogens (tertiary/aromatic N) is 5. The third-order valence-corrected chi connectivity index (χ3v) is 12.7. The first kappa shape index (κ1) is 43.6. The number of carboxylic acid groups (broad SMARTS) is 1. The summed E-state index contributed by atoms with van der Waals surface area (Å²) in [5.41, 5.74) is 7.11. The first-order valence-electron chi connectivity index (χ1n) is 21.9. The number of carbonyl (C=O) groups excluding carboxylic acids is 3. The van der Waals surface area contributed by atoms with Gasteiger partial charge in [0.25, 0.3) is 0 Å². The zero-order valence-corrected chi connectivity index (χ0v) is 36.7. The van der Waals surface area contributed by atoms with Gasteiger partial charge in [-0.15, -0.1) is 0 Å². The number of H-pyrrole nitrogens is 2. The molecule has 0 radical (unpaired) electrons.